The van der Waals surface area contributed by atoms with Gasteiger partial charge in [-0.25, -0.2) is 4.98 Å². The lowest BCUT2D eigenvalue weighted by molar-refractivity contribution is -0.138. The van der Waals surface area contributed by atoms with Gasteiger partial charge >= 0.3 is 5.97 Å². The van der Waals surface area contributed by atoms with Crippen LogP contribution in [0, 0.1) is 5.92 Å². The zero-order valence-corrected chi connectivity index (χ0v) is 9.01. The molecule has 0 radical (unpaired) electrons. The number of carboxylic acid groups (broad SMARTS) is 1. The Bertz CT molecular complexity index is 322. The average Bonchev–Trinajstić information content (AvgIpc) is 2.51. The van der Waals surface area contributed by atoms with Gasteiger partial charge in [-0.1, -0.05) is 0 Å². The average molecular weight is 212 g/mol. The minimum atomic E-state index is -0.800. The largest absolute Gasteiger partial charge is 0.481 e. The van der Waals surface area contributed by atoms with Gasteiger partial charge in [0.2, 0.25) is 0 Å². The van der Waals surface area contributed by atoms with E-state index in [9.17, 15) is 4.79 Å². The predicted octanol–water partition coefficient (Wildman–Crippen LogP) is 0.700. The van der Waals surface area contributed by atoms with Crippen LogP contribution in [0.1, 0.15) is 12.2 Å². The first-order chi connectivity index (χ1) is 7.13. The Balaban J connectivity index is 2.58. The molecule has 1 aromatic rings. The molecule has 1 unspecified atom stereocenters. The summed E-state index contributed by atoms with van der Waals surface area (Å²) in [5.74, 6) is 0.0677. The van der Waals surface area contributed by atoms with E-state index < -0.39 is 5.97 Å². The van der Waals surface area contributed by atoms with E-state index in [1.807, 2.05) is 17.8 Å². The third-order valence-electron chi connectivity index (χ3n) is 2.26. The fraction of sp³-hybridized carbons (Fsp3) is 0.600. The molecule has 84 valence electrons. The first-order valence-electron chi connectivity index (χ1n) is 4.80. The highest BCUT2D eigenvalue weighted by atomic mass is 16.5. The molecule has 0 aliphatic carbocycles. The minimum Gasteiger partial charge on any atom is -0.481 e. The highest BCUT2D eigenvalue weighted by Gasteiger charge is 2.15. The van der Waals surface area contributed by atoms with E-state index in [-0.39, 0.29) is 12.3 Å². The summed E-state index contributed by atoms with van der Waals surface area (Å²) < 4.78 is 6.89. The van der Waals surface area contributed by atoms with Crippen molar-refractivity contribution in [1.82, 2.24) is 9.55 Å². The summed E-state index contributed by atoms with van der Waals surface area (Å²) in [6.07, 6.45) is 4.30. The molecule has 0 amide bonds. The van der Waals surface area contributed by atoms with E-state index in [1.54, 1.807) is 13.3 Å². The molecule has 0 aliphatic heterocycles. The lowest BCUT2D eigenvalue weighted by Crippen LogP contribution is -2.17. The Morgan fingerprint density at radius 2 is 2.47 bits per heavy atom. The number of carbonyl (C=O) groups is 1. The van der Waals surface area contributed by atoms with E-state index in [0.717, 1.165) is 5.82 Å². The summed E-state index contributed by atoms with van der Waals surface area (Å²) in [6.45, 7) is 0.444. The van der Waals surface area contributed by atoms with Crippen LogP contribution in [-0.2, 0) is 23.0 Å². The number of ether oxygens (including phenoxy) is 1. The first kappa shape index (κ1) is 11.7. The predicted molar refractivity (Wildman–Crippen MR) is 54.5 cm³/mol. The van der Waals surface area contributed by atoms with Gasteiger partial charge in [-0.15, -0.1) is 0 Å². The molecule has 0 saturated carbocycles. The highest BCUT2D eigenvalue weighted by Crippen LogP contribution is 2.11. The van der Waals surface area contributed by atoms with Crippen LogP contribution in [0.4, 0.5) is 0 Å². The van der Waals surface area contributed by atoms with Crippen molar-refractivity contribution in [3.63, 3.8) is 0 Å². The number of nitrogens with zero attached hydrogens (tertiary/aromatic N) is 2. The molecule has 0 aromatic carbocycles. The second-order valence-electron chi connectivity index (χ2n) is 3.58. The molecular formula is C10H16N2O3. The second kappa shape index (κ2) is 5.50. The fourth-order valence-electron chi connectivity index (χ4n) is 1.52. The highest BCUT2D eigenvalue weighted by molar-refractivity contribution is 5.67. The summed E-state index contributed by atoms with van der Waals surface area (Å²) >= 11 is 0. The second-order valence-corrected chi connectivity index (χ2v) is 3.58. The Morgan fingerprint density at radius 3 is 2.93 bits per heavy atom. The van der Waals surface area contributed by atoms with Crippen LogP contribution in [0.5, 0.6) is 0 Å². The molecule has 1 heterocycles. The fourth-order valence-corrected chi connectivity index (χ4v) is 1.52. The van der Waals surface area contributed by atoms with Gasteiger partial charge in [-0.3, -0.25) is 4.79 Å². The van der Waals surface area contributed by atoms with Crippen molar-refractivity contribution in [3.05, 3.63) is 18.2 Å². The summed E-state index contributed by atoms with van der Waals surface area (Å²) in [7, 11) is 3.47. The Kier molecular flexibility index (Phi) is 4.30. The third-order valence-corrected chi connectivity index (χ3v) is 2.26. The molecule has 1 aromatic heterocycles. The van der Waals surface area contributed by atoms with Crippen LogP contribution in [0.2, 0.25) is 0 Å². The van der Waals surface area contributed by atoms with Crippen molar-refractivity contribution in [2.45, 2.75) is 12.8 Å². The summed E-state index contributed by atoms with van der Waals surface area (Å²) in [6, 6.07) is 0. The zero-order valence-electron chi connectivity index (χ0n) is 9.01. The van der Waals surface area contributed by atoms with Crippen LogP contribution in [0.3, 0.4) is 0 Å². The molecule has 5 nitrogen and oxygen atoms in total. The van der Waals surface area contributed by atoms with Gasteiger partial charge in [-0.2, -0.15) is 0 Å². The lowest BCUT2D eigenvalue weighted by Gasteiger charge is -2.13. The lowest BCUT2D eigenvalue weighted by atomic mass is 10.0. The number of hydrogen-bond donors (Lipinski definition) is 1. The third kappa shape index (κ3) is 3.71. The van der Waals surface area contributed by atoms with Gasteiger partial charge in [0.15, 0.2) is 0 Å². The van der Waals surface area contributed by atoms with Gasteiger partial charge in [-0.05, 0) is 5.92 Å². The topological polar surface area (TPSA) is 64.3 Å². The number of aryl methyl sites for hydroxylation is 1. The number of methoxy groups -OCH3 is 1. The molecule has 1 rings (SSSR count). The molecule has 0 aliphatic rings. The van der Waals surface area contributed by atoms with Gasteiger partial charge in [0.1, 0.15) is 5.82 Å². The van der Waals surface area contributed by atoms with Crippen LogP contribution < -0.4 is 0 Å². The quantitative estimate of drug-likeness (QED) is 0.754. The van der Waals surface area contributed by atoms with Crippen molar-refractivity contribution in [1.29, 1.82) is 0 Å². The molecule has 0 saturated heterocycles. The molecule has 0 bridgehead atoms. The summed E-state index contributed by atoms with van der Waals surface area (Å²) in [4.78, 5) is 14.8. The number of rotatable bonds is 6. The molecule has 0 spiro atoms. The van der Waals surface area contributed by atoms with E-state index >= 15 is 0 Å². The molecule has 1 N–H and O–H groups in total. The van der Waals surface area contributed by atoms with Gasteiger partial charge in [0.05, 0.1) is 6.42 Å². The van der Waals surface area contributed by atoms with Crippen molar-refractivity contribution >= 4 is 5.97 Å². The van der Waals surface area contributed by atoms with Crippen LogP contribution >= 0.6 is 0 Å². The Morgan fingerprint density at radius 1 is 1.73 bits per heavy atom. The maximum Gasteiger partial charge on any atom is 0.303 e. The van der Waals surface area contributed by atoms with E-state index in [0.29, 0.717) is 13.0 Å². The SMILES string of the molecule is COCC(CC(=O)O)Cc1nccn1C. The molecule has 1 atom stereocenters. The molecular weight excluding hydrogens is 196 g/mol. The van der Waals surface area contributed by atoms with Crippen molar-refractivity contribution in [2.75, 3.05) is 13.7 Å². The molecule has 0 fully saturated rings. The van der Waals surface area contributed by atoms with Crippen molar-refractivity contribution in [3.8, 4) is 0 Å². The standard InChI is InChI=1S/C10H16N2O3/c1-12-4-3-11-9(12)5-8(7-15-2)6-10(13)14/h3-4,8H,5-7H2,1-2H3,(H,13,14). The Hall–Kier alpha value is -1.36. The van der Waals surface area contributed by atoms with Crippen molar-refractivity contribution in [2.24, 2.45) is 13.0 Å². The summed E-state index contributed by atoms with van der Waals surface area (Å²) in [5, 5.41) is 8.73. The molecule has 5 heteroatoms. The van der Waals surface area contributed by atoms with Gasteiger partial charge < -0.3 is 14.4 Å². The van der Waals surface area contributed by atoms with E-state index in [2.05, 4.69) is 4.98 Å². The maximum absolute atomic E-state index is 10.6. The van der Waals surface area contributed by atoms with Crippen molar-refractivity contribution < 1.29 is 14.6 Å². The maximum atomic E-state index is 10.6. The van der Waals surface area contributed by atoms with Crippen LogP contribution in [-0.4, -0.2) is 34.3 Å². The number of imidazole rings is 1. The van der Waals surface area contributed by atoms with Crippen LogP contribution in [0.25, 0.3) is 0 Å². The monoisotopic (exact) mass is 212 g/mol. The van der Waals surface area contributed by atoms with Gasteiger partial charge in [0.25, 0.3) is 0 Å². The number of aromatic nitrogens is 2. The zero-order chi connectivity index (χ0) is 11.3. The Labute approximate surface area is 88.7 Å². The normalized spacial score (nSPS) is 12.7. The minimum absolute atomic E-state index is 0.0198. The first-order valence-corrected chi connectivity index (χ1v) is 4.80. The van der Waals surface area contributed by atoms with Crippen LogP contribution in [0.15, 0.2) is 12.4 Å². The smallest absolute Gasteiger partial charge is 0.303 e. The number of aliphatic carboxylic acids is 1. The summed E-state index contributed by atoms with van der Waals surface area (Å²) in [5.41, 5.74) is 0. The van der Waals surface area contributed by atoms with E-state index in [4.69, 9.17) is 9.84 Å². The van der Waals surface area contributed by atoms with E-state index in [1.165, 1.54) is 0 Å². The van der Waals surface area contributed by atoms with Gasteiger partial charge in [0, 0.05) is 39.6 Å². The number of carboxylic acids is 1. The number of hydrogen-bond acceptors (Lipinski definition) is 3. The molecule has 15 heavy (non-hydrogen) atoms.